The van der Waals surface area contributed by atoms with E-state index in [9.17, 15) is 4.79 Å². The van der Waals surface area contributed by atoms with E-state index in [1.165, 1.54) is 0 Å². The molecule has 1 aromatic heterocycles. The minimum absolute atomic E-state index is 0.269. The summed E-state index contributed by atoms with van der Waals surface area (Å²) in [6.45, 7) is 1.84. The number of carbonyl (C=O) groups is 1. The SMILES string of the molecule is C/C(=N\NC(=O)c1n[nH]c2c1CCCC2)c1ccc(N)cc1. The molecule has 0 saturated carbocycles. The summed E-state index contributed by atoms with van der Waals surface area (Å²) in [5.74, 6) is -0.269. The molecule has 4 N–H and O–H groups in total. The number of rotatable bonds is 3. The van der Waals surface area contributed by atoms with Gasteiger partial charge in [0.05, 0.1) is 5.71 Å². The molecule has 1 heterocycles. The predicted octanol–water partition coefficient (Wildman–Crippen LogP) is 2.02. The van der Waals surface area contributed by atoms with Crippen molar-refractivity contribution < 1.29 is 4.79 Å². The number of nitrogens with one attached hydrogen (secondary N) is 2. The number of aromatic amines is 1. The molecule has 22 heavy (non-hydrogen) atoms. The Balaban J connectivity index is 1.73. The van der Waals surface area contributed by atoms with Gasteiger partial charge in [0.2, 0.25) is 0 Å². The molecule has 6 heteroatoms. The largest absolute Gasteiger partial charge is 0.399 e. The summed E-state index contributed by atoms with van der Waals surface area (Å²) in [6, 6.07) is 7.36. The summed E-state index contributed by atoms with van der Waals surface area (Å²) in [6.07, 6.45) is 4.10. The summed E-state index contributed by atoms with van der Waals surface area (Å²) >= 11 is 0. The van der Waals surface area contributed by atoms with Crippen LogP contribution in [0.1, 0.15) is 47.1 Å². The minimum atomic E-state index is -0.269. The molecular formula is C16H19N5O. The molecule has 0 atom stereocenters. The van der Waals surface area contributed by atoms with Gasteiger partial charge in [-0.05, 0) is 50.3 Å². The normalized spacial score (nSPS) is 14.5. The fraction of sp³-hybridized carbons (Fsp3) is 0.312. The smallest absolute Gasteiger partial charge is 0.292 e. The number of anilines is 1. The molecule has 1 amide bonds. The van der Waals surface area contributed by atoms with Crippen molar-refractivity contribution in [1.82, 2.24) is 15.6 Å². The summed E-state index contributed by atoms with van der Waals surface area (Å²) < 4.78 is 0. The summed E-state index contributed by atoms with van der Waals surface area (Å²) in [7, 11) is 0. The van der Waals surface area contributed by atoms with Gasteiger partial charge in [0.25, 0.3) is 5.91 Å². The van der Waals surface area contributed by atoms with Crippen LogP contribution in [0.15, 0.2) is 29.4 Å². The van der Waals surface area contributed by atoms with E-state index in [2.05, 4.69) is 20.7 Å². The molecule has 3 rings (SSSR count). The van der Waals surface area contributed by atoms with E-state index in [0.717, 1.165) is 48.2 Å². The van der Waals surface area contributed by atoms with Crippen molar-refractivity contribution in [2.24, 2.45) is 5.10 Å². The minimum Gasteiger partial charge on any atom is -0.399 e. The van der Waals surface area contributed by atoms with Crippen LogP contribution in [0.3, 0.4) is 0 Å². The third-order valence-corrected chi connectivity index (χ3v) is 3.93. The molecule has 0 spiro atoms. The topological polar surface area (TPSA) is 96.2 Å². The van der Waals surface area contributed by atoms with Gasteiger partial charge in [0.15, 0.2) is 5.69 Å². The second-order valence-corrected chi connectivity index (χ2v) is 5.50. The lowest BCUT2D eigenvalue weighted by Crippen LogP contribution is -2.21. The first-order valence-electron chi connectivity index (χ1n) is 7.42. The highest BCUT2D eigenvalue weighted by Crippen LogP contribution is 2.21. The standard InChI is InChI=1S/C16H19N5O/c1-10(11-6-8-12(17)9-7-11)18-21-16(22)15-13-4-2-3-5-14(13)19-20-15/h6-9H,2-5,17H2,1H3,(H,19,20)(H,21,22)/b18-10+. The molecule has 0 saturated heterocycles. The highest BCUT2D eigenvalue weighted by molar-refractivity contribution is 6.01. The van der Waals surface area contributed by atoms with Crippen LogP contribution in [0.4, 0.5) is 5.69 Å². The number of nitrogen functional groups attached to an aromatic ring is 1. The number of amides is 1. The lowest BCUT2D eigenvalue weighted by molar-refractivity contribution is 0.0949. The third-order valence-electron chi connectivity index (χ3n) is 3.93. The van der Waals surface area contributed by atoms with Crippen LogP contribution in [0, 0.1) is 0 Å². The maximum atomic E-state index is 12.2. The van der Waals surface area contributed by atoms with Crippen molar-refractivity contribution >= 4 is 17.3 Å². The van der Waals surface area contributed by atoms with E-state index in [0.29, 0.717) is 11.4 Å². The van der Waals surface area contributed by atoms with Gasteiger partial charge in [-0.1, -0.05) is 12.1 Å². The number of nitrogens with zero attached hydrogens (tertiary/aromatic N) is 2. The number of hydrogen-bond acceptors (Lipinski definition) is 4. The van der Waals surface area contributed by atoms with Crippen LogP contribution in [-0.4, -0.2) is 21.8 Å². The monoisotopic (exact) mass is 297 g/mol. The molecular weight excluding hydrogens is 278 g/mol. The molecule has 1 aromatic carbocycles. The number of benzene rings is 1. The maximum absolute atomic E-state index is 12.2. The highest BCUT2D eigenvalue weighted by atomic mass is 16.2. The molecule has 6 nitrogen and oxygen atoms in total. The Morgan fingerprint density at radius 2 is 2.00 bits per heavy atom. The second-order valence-electron chi connectivity index (χ2n) is 5.50. The van der Waals surface area contributed by atoms with Gasteiger partial charge in [0.1, 0.15) is 0 Å². The van der Waals surface area contributed by atoms with Gasteiger partial charge in [-0.25, -0.2) is 5.43 Å². The van der Waals surface area contributed by atoms with Crippen molar-refractivity contribution in [2.45, 2.75) is 32.6 Å². The van der Waals surface area contributed by atoms with E-state index in [-0.39, 0.29) is 5.91 Å². The molecule has 0 fully saturated rings. The lowest BCUT2D eigenvalue weighted by atomic mass is 9.96. The molecule has 0 radical (unpaired) electrons. The Kier molecular flexibility index (Phi) is 3.91. The van der Waals surface area contributed by atoms with Gasteiger partial charge in [-0.15, -0.1) is 0 Å². The van der Waals surface area contributed by atoms with Crippen LogP contribution in [0.2, 0.25) is 0 Å². The number of fused-ring (bicyclic) bond motifs is 1. The summed E-state index contributed by atoms with van der Waals surface area (Å²) in [4.78, 5) is 12.2. The zero-order chi connectivity index (χ0) is 15.5. The Labute approximate surface area is 128 Å². The summed E-state index contributed by atoms with van der Waals surface area (Å²) in [5.41, 5.74) is 13.1. The molecule has 114 valence electrons. The van der Waals surface area contributed by atoms with Crippen molar-refractivity contribution in [1.29, 1.82) is 0 Å². The Bertz CT molecular complexity index is 715. The lowest BCUT2D eigenvalue weighted by Gasteiger charge is -2.10. The molecule has 0 unspecified atom stereocenters. The first kappa shape index (κ1) is 14.3. The van der Waals surface area contributed by atoms with Gasteiger partial charge in [-0.2, -0.15) is 10.2 Å². The Morgan fingerprint density at radius 3 is 2.77 bits per heavy atom. The number of aromatic nitrogens is 2. The Hall–Kier alpha value is -2.63. The van der Waals surface area contributed by atoms with E-state index in [1.54, 1.807) is 12.1 Å². The zero-order valence-corrected chi connectivity index (χ0v) is 12.5. The van der Waals surface area contributed by atoms with Crippen LogP contribution in [-0.2, 0) is 12.8 Å². The van der Waals surface area contributed by atoms with Gasteiger partial charge in [0, 0.05) is 16.9 Å². The van der Waals surface area contributed by atoms with Gasteiger partial charge < -0.3 is 5.73 Å². The fourth-order valence-corrected chi connectivity index (χ4v) is 2.65. The van der Waals surface area contributed by atoms with Crippen LogP contribution >= 0.6 is 0 Å². The number of H-pyrrole nitrogens is 1. The van der Waals surface area contributed by atoms with Crippen molar-refractivity contribution in [2.75, 3.05) is 5.73 Å². The third kappa shape index (κ3) is 2.86. The average Bonchev–Trinajstić information content (AvgIpc) is 2.97. The number of hydrogen-bond donors (Lipinski definition) is 3. The first-order valence-corrected chi connectivity index (χ1v) is 7.42. The van der Waals surface area contributed by atoms with Crippen LogP contribution in [0.25, 0.3) is 0 Å². The van der Waals surface area contributed by atoms with Crippen LogP contribution in [0.5, 0.6) is 0 Å². The van der Waals surface area contributed by atoms with Crippen molar-refractivity contribution in [3.63, 3.8) is 0 Å². The fourth-order valence-electron chi connectivity index (χ4n) is 2.65. The summed E-state index contributed by atoms with van der Waals surface area (Å²) in [5, 5.41) is 11.2. The van der Waals surface area contributed by atoms with Crippen molar-refractivity contribution in [3.05, 3.63) is 46.8 Å². The highest BCUT2D eigenvalue weighted by Gasteiger charge is 2.21. The van der Waals surface area contributed by atoms with Crippen LogP contribution < -0.4 is 11.2 Å². The predicted molar refractivity (Wildman–Crippen MR) is 85.8 cm³/mol. The average molecular weight is 297 g/mol. The van der Waals surface area contributed by atoms with E-state index in [1.807, 2.05) is 19.1 Å². The first-order chi connectivity index (χ1) is 10.6. The molecule has 1 aliphatic carbocycles. The molecule has 0 aliphatic heterocycles. The van der Waals surface area contributed by atoms with Crippen molar-refractivity contribution in [3.8, 4) is 0 Å². The maximum Gasteiger partial charge on any atom is 0.292 e. The number of carbonyl (C=O) groups excluding carboxylic acids is 1. The number of nitrogens with two attached hydrogens (primary N) is 1. The Morgan fingerprint density at radius 1 is 1.27 bits per heavy atom. The number of aryl methyl sites for hydroxylation is 1. The van der Waals surface area contributed by atoms with Gasteiger partial charge in [-0.3, -0.25) is 9.89 Å². The van der Waals surface area contributed by atoms with E-state index in [4.69, 9.17) is 5.73 Å². The zero-order valence-electron chi connectivity index (χ0n) is 12.5. The van der Waals surface area contributed by atoms with E-state index < -0.39 is 0 Å². The second kappa shape index (κ2) is 6.01. The molecule has 2 aromatic rings. The van der Waals surface area contributed by atoms with Gasteiger partial charge >= 0.3 is 0 Å². The quantitative estimate of drug-likeness (QED) is 0.459. The van der Waals surface area contributed by atoms with E-state index >= 15 is 0 Å². The molecule has 1 aliphatic rings. The number of hydrazone groups is 1. The molecule has 0 bridgehead atoms.